The Morgan fingerprint density at radius 2 is 1.88 bits per heavy atom. The molecule has 0 saturated carbocycles. The summed E-state index contributed by atoms with van der Waals surface area (Å²) in [6, 6.07) is 8.32. The number of benzene rings is 1. The Morgan fingerprint density at radius 3 is 2.47 bits per heavy atom. The fraction of sp³-hybridized carbons (Fsp3) is 0.357. The number of hydrogen-bond acceptors (Lipinski definition) is 2. The van der Waals surface area contributed by atoms with Gasteiger partial charge in [-0.05, 0) is 17.0 Å². The maximum Gasteiger partial charge on any atom is 0.0568 e. The Morgan fingerprint density at radius 1 is 1.18 bits per heavy atom. The van der Waals surface area contributed by atoms with Crippen LogP contribution in [0.5, 0.6) is 0 Å². The predicted octanol–water partition coefficient (Wildman–Crippen LogP) is 2.66. The predicted molar refractivity (Wildman–Crippen MR) is 70.4 cm³/mol. The first-order valence-corrected chi connectivity index (χ1v) is 6.01. The van der Waals surface area contributed by atoms with E-state index in [1.807, 2.05) is 10.9 Å². The summed E-state index contributed by atoms with van der Waals surface area (Å²) in [7, 11) is 0. The molecule has 3 heteroatoms. The SMILES string of the molecule is CC(C)Cn1cc(-c2ccc(CN)cc2)cn1. The van der Waals surface area contributed by atoms with Gasteiger partial charge in [0.2, 0.25) is 0 Å². The van der Waals surface area contributed by atoms with Crippen molar-refractivity contribution in [2.45, 2.75) is 26.9 Å². The Bertz CT molecular complexity index is 468. The molecule has 3 nitrogen and oxygen atoms in total. The van der Waals surface area contributed by atoms with E-state index in [0.717, 1.165) is 17.7 Å². The van der Waals surface area contributed by atoms with E-state index in [2.05, 4.69) is 49.4 Å². The van der Waals surface area contributed by atoms with Crippen LogP contribution >= 0.6 is 0 Å². The molecule has 0 radical (unpaired) electrons. The molecule has 90 valence electrons. The summed E-state index contributed by atoms with van der Waals surface area (Å²) in [6.45, 7) is 5.93. The molecular weight excluding hydrogens is 210 g/mol. The average molecular weight is 229 g/mol. The third kappa shape index (κ3) is 2.94. The lowest BCUT2D eigenvalue weighted by Gasteiger charge is -2.03. The molecule has 0 amide bonds. The quantitative estimate of drug-likeness (QED) is 0.876. The van der Waals surface area contributed by atoms with Gasteiger partial charge >= 0.3 is 0 Å². The van der Waals surface area contributed by atoms with E-state index in [1.165, 1.54) is 5.56 Å². The summed E-state index contributed by atoms with van der Waals surface area (Å²) in [4.78, 5) is 0. The van der Waals surface area contributed by atoms with Gasteiger partial charge in [0.1, 0.15) is 0 Å². The van der Waals surface area contributed by atoms with Gasteiger partial charge < -0.3 is 5.73 Å². The van der Waals surface area contributed by atoms with Crippen LogP contribution < -0.4 is 5.73 Å². The largest absolute Gasteiger partial charge is 0.326 e. The van der Waals surface area contributed by atoms with Crippen molar-refractivity contribution in [1.29, 1.82) is 0 Å². The Hall–Kier alpha value is -1.61. The molecule has 0 aliphatic carbocycles. The molecule has 1 aromatic heterocycles. The third-order valence-corrected chi connectivity index (χ3v) is 2.71. The highest BCUT2D eigenvalue weighted by molar-refractivity contribution is 5.61. The molecule has 0 aliphatic rings. The molecule has 0 bridgehead atoms. The zero-order valence-electron chi connectivity index (χ0n) is 10.4. The molecule has 2 aromatic rings. The summed E-state index contributed by atoms with van der Waals surface area (Å²) >= 11 is 0. The number of hydrogen-bond donors (Lipinski definition) is 1. The van der Waals surface area contributed by atoms with Crippen LogP contribution in [0.2, 0.25) is 0 Å². The second-order valence-electron chi connectivity index (χ2n) is 4.75. The van der Waals surface area contributed by atoms with Crippen LogP contribution in [0.15, 0.2) is 36.7 Å². The summed E-state index contributed by atoms with van der Waals surface area (Å²) < 4.78 is 2.00. The maximum absolute atomic E-state index is 5.58. The minimum absolute atomic E-state index is 0.590. The number of aromatic nitrogens is 2. The molecule has 1 heterocycles. The molecule has 0 atom stereocenters. The molecule has 17 heavy (non-hydrogen) atoms. The molecule has 2 N–H and O–H groups in total. The van der Waals surface area contributed by atoms with Crippen molar-refractivity contribution in [2.24, 2.45) is 11.7 Å². The van der Waals surface area contributed by atoms with E-state index in [4.69, 9.17) is 5.73 Å². The van der Waals surface area contributed by atoms with Crippen LogP contribution in [0.3, 0.4) is 0 Å². The Labute approximate surface area is 102 Å². The van der Waals surface area contributed by atoms with Crippen molar-refractivity contribution in [3.63, 3.8) is 0 Å². The highest BCUT2D eigenvalue weighted by Crippen LogP contribution is 2.19. The van der Waals surface area contributed by atoms with E-state index < -0.39 is 0 Å². The molecule has 0 saturated heterocycles. The van der Waals surface area contributed by atoms with Crippen molar-refractivity contribution >= 4 is 0 Å². The fourth-order valence-electron chi connectivity index (χ4n) is 1.82. The van der Waals surface area contributed by atoms with Crippen LogP contribution in [0.1, 0.15) is 19.4 Å². The van der Waals surface area contributed by atoms with Gasteiger partial charge in [-0.1, -0.05) is 38.1 Å². The van der Waals surface area contributed by atoms with Gasteiger partial charge in [0, 0.05) is 24.8 Å². The van der Waals surface area contributed by atoms with Crippen LogP contribution in [-0.2, 0) is 13.1 Å². The number of nitrogens with two attached hydrogens (primary N) is 1. The first kappa shape index (κ1) is 11.9. The van der Waals surface area contributed by atoms with E-state index in [0.29, 0.717) is 12.5 Å². The standard InChI is InChI=1S/C14H19N3/c1-11(2)9-17-10-14(8-16-17)13-5-3-12(7-15)4-6-13/h3-6,8,10-11H,7,9,15H2,1-2H3. The number of nitrogens with zero attached hydrogens (tertiary/aromatic N) is 2. The van der Waals surface area contributed by atoms with E-state index >= 15 is 0 Å². The maximum atomic E-state index is 5.58. The Balaban J connectivity index is 2.18. The molecular formula is C14H19N3. The minimum atomic E-state index is 0.590. The molecule has 0 unspecified atom stereocenters. The fourth-order valence-corrected chi connectivity index (χ4v) is 1.82. The van der Waals surface area contributed by atoms with Gasteiger partial charge in [-0.25, -0.2) is 0 Å². The van der Waals surface area contributed by atoms with Crippen molar-refractivity contribution < 1.29 is 0 Å². The zero-order valence-corrected chi connectivity index (χ0v) is 10.4. The van der Waals surface area contributed by atoms with Gasteiger partial charge in [0.25, 0.3) is 0 Å². The summed E-state index contributed by atoms with van der Waals surface area (Å²) in [6.07, 6.45) is 4.01. The normalized spacial score (nSPS) is 11.1. The average Bonchev–Trinajstić information content (AvgIpc) is 2.77. The summed E-state index contributed by atoms with van der Waals surface area (Å²) in [5.41, 5.74) is 9.09. The summed E-state index contributed by atoms with van der Waals surface area (Å²) in [5, 5.41) is 4.37. The Kier molecular flexibility index (Phi) is 3.59. The lowest BCUT2D eigenvalue weighted by molar-refractivity contribution is 0.483. The van der Waals surface area contributed by atoms with Crippen molar-refractivity contribution in [1.82, 2.24) is 9.78 Å². The van der Waals surface area contributed by atoms with Crippen LogP contribution in [0, 0.1) is 5.92 Å². The topological polar surface area (TPSA) is 43.8 Å². The molecule has 1 aromatic carbocycles. The molecule has 0 aliphatic heterocycles. The first-order valence-electron chi connectivity index (χ1n) is 6.01. The van der Waals surface area contributed by atoms with E-state index in [1.54, 1.807) is 0 Å². The highest BCUT2D eigenvalue weighted by Gasteiger charge is 2.03. The third-order valence-electron chi connectivity index (χ3n) is 2.71. The van der Waals surface area contributed by atoms with Crippen LogP contribution in [0.4, 0.5) is 0 Å². The minimum Gasteiger partial charge on any atom is -0.326 e. The van der Waals surface area contributed by atoms with Crippen molar-refractivity contribution in [3.05, 3.63) is 42.2 Å². The smallest absolute Gasteiger partial charge is 0.0568 e. The molecule has 2 rings (SSSR count). The van der Waals surface area contributed by atoms with E-state index in [9.17, 15) is 0 Å². The highest BCUT2D eigenvalue weighted by atomic mass is 15.3. The van der Waals surface area contributed by atoms with Crippen LogP contribution in [-0.4, -0.2) is 9.78 Å². The van der Waals surface area contributed by atoms with Crippen molar-refractivity contribution in [2.75, 3.05) is 0 Å². The first-order chi connectivity index (χ1) is 8.19. The van der Waals surface area contributed by atoms with Gasteiger partial charge in [0.15, 0.2) is 0 Å². The monoisotopic (exact) mass is 229 g/mol. The van der Waals surface area contributed by atoms with Crippen LogP contribution in [0.25, 0.3) is 11.1 Å². The molecule has 0 fully saturated rings. The zero-order chi connectivity index (χ0) is 12.3. The number of rotatable bonds is 4. The second kappa shape index (κ2) is 5.15. The van der Waals surface area contributed by atoms with Gasteiger partial charge in [-0.15, -0.1) is 0 Å². The summed E-state index contributed by atoms with van der Waals surface area (Å²) in [5.74, 6) is 0.613. The van der Waals surface area contributed by atoms with Gasteiger partial charge in [0.05, 0.1) is 6.20 Å². The molecule has 0 spiro atoms. The van der Waals surface area contributed by atoms with Gasteiger partial charge in [-0.3, -0.25) is 4.68 Å². The lowest BCUT2D eigenvalue weighted by Crippen LogP contribution is -2.03. The second-order valence-corrected chi connectivity index (χ2v) is 4.75. The van der Waals surface area contributed by atoms with Gasteiger partial charge in [-0.2, -0.15) is 5.10 Å². The van der Waals surface area contributed by atoms with E-state index in [-0.39, 0.29) is 0 Å². The lowest BCUT2D eigenvalue weighted by atomic mass is 10.1. The van der Waals surface area contributed by atoms with Crippen molar-refractivity contribution in [3.8, 4) is 11.1 Å².